The standard InChI is InChI=1S/C12H17N3OS/c1-9(8-16)5-13-6-10-7-14-15-12(10)11-3-2-4-17-11/h2-4,7,9,13,16H,5-6,8H2,1H3,(H,14,15). The second kappa shape index (κ2) is 5.95. The Morgan fingerprint density at radius 2 is 2.47 bits per heavy atom. The second-order valence-corrected chi connectivity index (χ2v) is 5.11. The lowest BCUT2D eigenvalue weighted by Gasteiger charge is -2.09. The molecule has 0 saturated heterocycles. The summed E-state index contributed by atoms with van der Waals surface area (Å²) in [5.74, 6) is 0.284. The zero-order chi connectivity index (χ0) is 12.1. The monoisotopic (exact) mass is 251 g/mol. The minimum absolute atomic E-state index is 0.218. The molecular weight excluding hydrogens is 234 g/mol. The number of hydrogen-bond donors (Lipinski definition) is 3. The molecule has 0 aliphatic heterocycles. The van der Waals surface area contributed by atoms with Crippen LogP contribution in [0.5, 0.6) is 0 Å². The molecule has 0 aromatic carbocycles. The van der Waals surface area contributed by atoms with Gasteiger partial charge in [-0.05, 0) is 17.4 Å². The van der Waals surface area contributed by atoms with Crippen LogP contribution in [0.15, 0.2) is 23.7 Å². The van der Waals surface area contributed by atoms with Crippen LogP contribution in [0.3, 0.4) is 0 Å². The molecule has 2 rings (SSSR count). The van der Waals surface area contributed by atoms with Gasteiger partial charge in [0.05, 0.1) is 16.8 Å². The van der Waals surface area contributed by atoms with Crippen molar-refractivity contribution in [2.24, 2.45) is 5.92 Å². The normalized spacial score (nSPS) is 12.8. The predicted octanol–water partition coefficient (Wildman–Crippen LogP) is 1.86. The van der Waals surface area contributed by atoms with Gasteiger partial charge < -0.3 is 10.4 Å². The summed E-state index contributed by atoms with van der Waals surface area (Å²) in [5.41, 5.74) is 2.25. The first-order chi connectivity index (χ1) is 8.31. The smallest absolute Gasteiger partial charge is 0.0794 e. The quantitative estimate of drug-likeness (QED) is 0.734. The van der Waals surface area contributed by atoms with Crippen molar-refractivity contribution in [2.75, 3.05) is 13.2 Å². The minimum atomic E-state index is 0.218. The molecule has 3 N–H and O–H groups in total. The Hall–Kier alpha value is -1.17. The lowest BCUT2D eigenvalue weighted by molar-refractivity contribution is 0.233. The zero-order valence-electron chi connectivity index (χ0n) is 9.81. The molecule has 5 heteroatoms. The highest BCUT2D eigenvalue weighted by molar-refractivity contribution is 7.13. The summed E-state index contributed by atoms with van der Waals surface area (Å²) in [6.45, 7) is 3.82. The molecule has 0 saturated carbocycles. The molecule has 0 fully saturated rings. The van der Waals surface area contributed by atoms with Crippen LogP contribution >= 0.6 is 11.3 Å². The highest BCUT2D eigenvalue weighted by atomic mass is 32.1. The highest BCUT2D eigenvalue weighted by Crippen LogP contribution is 2.25. The summed E-state index contributed by atoms with van der Waals surface area (Å²) in [6.07, 6.45) is 1.85. The molecule has 17 heavy (non-hydrogen) atoms. The third kappa shape index (κ3) is 3.15. The maximum Gasteiger partial charge on any atom is 0.0794 e. The first kappa shape index (κ1) is 12.3. The van der Waals surface area contributed by atoms with E-state index in [-0.39, 0.29) is 12.5 Å². The third-order valence-corrected chi connectivity index (χ3v) is 3.49. The van der Waals surface area contributed by atoms with Crippen LogP contribution in [0.1, 0.15) is 12.5 Å². The van der Waals surface area contributed by atoms with Crippen molar-refractivity contribution in [3.63, 3.8) is 0 Å². The Morgan fingerprint density at radius 1 is 1.59 bits per heavy atom. The average Bonchev–Trinajstić information content (AvgIpc) is 2.98. The number of aromatic nitrogens is 2. The van der Waals surface area contributed by atoms with E-state index in [4.69, 9.17) is 5.11 Å². The molecule has 0 amide bonds. The van der Waals surface area contributed by atoms with Gasteiger partial charge >= 0.3 is 0 Å². The molecule has 4 nitrogen and oxygen atoms in total. The van der Waals surface area contributed by atoms with Crippen LogP contribution in [0, 0.1) is 5.92 Å². The van der Waals surface area contributed by atoms with E-state index in [2.05, 4.69) is 27.0 Å². The molecule has 0 spiro atoms. The van der Waals surface area contributed by atoms with Gasteiger partial charge in [0.15, 0.2) is 0 Å². The average molecular weight is 251 g/mol. The first-order valence-corrected chi connectivity index (χ1v) is 6.57. The molecular formula is C12H17N3OS. The van der Waals surface area contributed by atoms with Crippen molar-refractivity contribution in [3.8, 4) is 10.6 Å². The van der Waals surface area contributed by atoms with Crippen molar-refractivity contribution in [1.29, 1.82) is 0 Å². The SMILES string of the molecule is CC(CO)CNCc1cn[nH]c1-c1cccs1. The Bertz CT molecular complexity index is 438. The van der Waals surface area contributed by atoms with E-state index in [1.807, 2.05) is 19.2 Å². The van der Waals surface area contributed by atoms with Crippen LogP contribution < -0.4 is 5.32 Å². The predicted molar refractivity (Wildman–Crippen MR) is 69.9 cm³/mol. The Kier molecular flexibility index (Phi) is 4.30. The molecule has 0 bridgehead atoms. The molecule has 1 atom stereocenters. The first-order valence-electron chi connectivity index (χ1n) is 5.69. The molecule has 0 aliphatic carbocycles. The number of hydrogen-bond acceptors (Lipinski definition) is 4. The van der Waals surface area contributed by atoms with Crippen molar-refractivity contribution >= 4 is 11.3 Å². The molecule has 2 aromatic rings. The van der Waals surface area contributed by atoms with Gasteiger partial charge in [0.2, 0.25) is 0 Å². The molecule has 0 aliphatic rings. The fourth-order valence-electron chi connectivity index (χ4n) is 1.60. The number of aromatic amines is 1. The summed E-state index contributed by atoms with van der Waals surface area (Å²) in [7, 11) is 0. The fourth-order valence-corrected chi connectivity index (χ4v) is 2.35. The van der Waals surface area contributed by atoms with E-state index in [9.17, 15) is 0 Å². The number of H-pyrrole nitrogens is 1. The van der Waals surface area contributed by atoms with E-state index in [1.54, 1.807) is 11.3 Å². The Balaban J connectivity index is 1.96. The minimum Gasteiger partial charge on any atom is -0.396 e. The largest absolute Gasteiger partial charge is 0.396 e. The third-order valence-electron chi connectivity index (χ3n) is 2.61. The Morgan fingerprint density at radius 3 is 3.18 bits per heavy atom. The van der Waals surface area contributed by atoms with Gasteiger partial charge in [-0.25, -0.2) is 0 Å². The molecule has 2 aromatic heterocycles. The van der Waals surface area contributed by atoms with Crippen LogP contribution in [0.4, 0.5) is 0 Å². The van der Waals surface area contributed by atoms with E-state index in [1.165, 1.54) is 4.88 Å². The van der Waals surface area contributed by atoms with E-state index < -0.39 is 0 Å². The number of aliphatic hydroxyl groups is 1. The fraction of sp³-hybridized carbons (Fsp3) is 0.417. The lowest BCUT2D eigenvalue weighted by Crippen LogP contribution is -2.22. The number of nitrogens with zero attached hydrogens (tertiary/aromatic N) is 1. The van der Waals surface area contributed by atoms with E-state index in [0.29, 0.717) is 0 Å². The molecule has 2 heterocycles. The van der Waals surface area contributed by atoms with Crippen LogP contribution in [0.2, 0.25) is 0 Å². The van der Waals surface area contributed by atoms with Gasteiger partial charge in [-0.3, -0.25) is 5.10 Å². The summed E-state index contributed by atoms with van der Waals surface area (Å²) in [6, 6.07) is 4.11. The van der Waals surface area contributed by atoms with Gasteiger partial charge in [-0.2, -0.15) is 5.10 Å². The Labute approximate surface area is 105 Å². The van der Waals surface area contributed by atoms with Gasteiger partial charge in [0.25, 0.3) is 0 Å². The topological polar surface area (TPSA) is 60.9 Å². The summed E-state index contributed by atoms with van der Waals surface area (Å²) < 4.78 is 0. The summed E-state index contributed by atoms with van der Waals surface area (Å²) >= 11 is 1.70. The van der Waals surface area contributed by atoms with Crippen LogP contribution in [-0.4, -0.2) is 28.5 Å². The van der Waals surface area contributed by atoms with Gasteiger partial charge in [0.1, 0.15) is 0 Å². The molecule has 1 unspecified atom stereocenters. The number of thiophene rings is 1. The van der Waals surface area contributed by atoms with Crippen molar-refractivity contribution in [2.45, 2.75) is 13.5 Å². The molecule has 0 radical (unpaired) electrons. The lowest BCUT2D eigenvalue weighted by atomic mass is 10.2. The van der Waals surface area contributed by atoms with Gasteiger partial charge in [-0.15, -0.1) is 11.3 Å². The van der Waals surface area contributed by atoms with Crippen molar-refractivity contribution in [1.82, 2.24) is 15.5 Å². The summed E-state index contributed by atoms with van der Waals surface area (Å²) in [4.78, 5) is 1.20. The van der Waals surface area contributed by atoms with Crippen LogP contribution in [-0.2, 0) is 6.54 Å². The van der Waals surface area contributed by atoms with Crippen LogP contribution in [0.25, 0.3) is 10.6 Å². The second-order valence-electron chi connectivity index (χ2n) is 4.17. The highest BCUT2D eigenvalue weighted by Gasteiger charge is 2.08. The van der Waals surface area contributed by atoms with Gasteiger partial charge in [0, 0.05) is 25.3 Å². The molecule has 92 valence electrons. The number of rotatable bonds is 6. The zero-order valence-corrected chi connectivity index (χ0v) is 10.6. The summed E-state index contributed by atoms with van der Waals surface area (Å²) in [5, 5.41) is 21.4. The van der Waals surface area contributed by atoms with Crippen molar-refractivity contribution < 1.29 is 5.11 Å². The van der Waals surface area contributed by atoms with Gasteiger partial charge in [-0.1, -0.05) is 13.0 Å². The maximum absolute atomic E-state index is 8.94. The van der Waals surface area contributed by atoms with Crippen molar-refractivity contribution in [3.05, 3.63) is 29.3 Å². The van der Waals surface area contributed by atoms with E-state index in [0.717, 1.165) is 24.3 Å². The number of aliphatic hydroxyl groups excluding tert-OH is 1. The maximum atomic E-state index is 8.94. The number of nitrogens with one attached hydrogen (secondary N) is 2. The van der Waals surface area contributed by atoms with E-state index >= 15 is 0 Å².